The van der Waals surface area contributed by atoms with Gasteiger partial charge in [0.1, 0.15) is 0 Å². The summed E-state index contributed by atoms with van der Waals surface area (Å²) >= 11 is 0. The average molecular weight is 475 g/mol. The lowest BCUT2D eigenvalue weighted by Crippen LogP contribution is -2.37. The van der Waals surface area contributed by atoms with Gasteiger partial charge in [0.25, 0.3) is 0 Å². The summed E-state index contributed by atoms with van der Waals surface area (Å²) in [5.74, 6) is 0.349. The molecular weight excluding hydrogens is 448 g/mol. The van der Waals surface area contributed by atoms with Crippen LogP contribution in [0.4, 0.5) is 16.4 Å². The van der Waals surface area contributed by atoms with E-state index in [9.17, 15) is 13.2 Å². The van der Waals surface area contributed by atoms with Crippen molar-refractivity contribution in [2.75, 3.05) is 17.7 Å². The van der Waals surface area contributed by atoms with Gasteiger partial charge in [-0.05, 0) is 49.8 Å². The zero-order valence-corrected chi connectivity index (χ0v) is 18.7. The Morgan fingerprint density at radius 2 is 1.97 bits per heavy atom. The predicted molar refractivity (Wildman–Crippen MR) is 121 cm³/mol. The molecule has 12 heteroatoms. The first kappa shape index (κ1) is 22.9. The predicted octanol–water partition coefficient (Wildman–Crippen LogP) is 2.16. The van der Waals surface area contributed by atoms with Crippen LogP contribution in [0.15, 0.2) is 41.6 Å². The maximum atomic E-state index is 12.2. The second-order valence-electron chi connectivity index (χ2n) is 8.16. The van der Waals surface area contributed by atoms with Crippen molar-refractivity contribution in [3.05, 3.63) is 36.7 Å². The van der Waals surface area contributed by atoms with Crippen molar-refractivity contribution < 1.29 is 23.4 Å². The van der Waals surface area contributed by atoms with Gasteiger partial charge in [0.2, 0.25) is 5.95 Å². The molecule has 1 amide bonds. The normalized spacial score (nSPS) is 18.8. The zero-order valence-electron chi connectivity index (χ0n) is 17.9. The van der Waals surface area contributed by atoms with E-state index in [-0.39, 0.29) is 16.7 Å². The lowest BCUT2D eigenvalue weighted by Gasteiger charge is -2.28. The molecule has 0 radical (unpaired) electrons. The molecule has 4 rings (SSSR count). The van der Waals surface area contributed by atoms with Gasteiger partial charge in [-0.15, -0.1) is 0 Å². The SMILES string of the molecule is O=C(O)N[C@H]1CC[C@H](Cn2ncc3cnc(Nc4cccc(S(=O)(=O)CCO)c4)nc32)CC1. The highest BCUT2D eigenvalue weighted by molar-refractivity contribution is 7.91. The number of carboxylic acid groups (broad SMARTS) is 1. The molecule has 4 N–H and O–H groups in total. The monoisotopic (exact) mass is 474 g/mol. The maximum Gasteiger partial charge on any atom is 0.404 e. The van der Waals surface area contributed by atoms with Gasteiger partial charge in [-0.25, -0.2) is 22.9 Å². The van der Waals surface area contributed by atoms with Crippen molar-refractivity contribution >= 4 is 38.6 Å². The van der Waals surface area contributed by atoms with Crippen molar-refractivity contribution in [1.29, 1.82) is 0 Å². The first-order chi connectivity index (χ1) is 15.8. The number of benzene rings is 1. The summed E-state index contributed by atoms with van der Waals surface area (Å²) in [6, 6.07) is 6.30. The molecule has 0 aliphatic heterocycles. The minimum Gasteiger partial charge on any atom is -0.465 e. The van der Waals surface area contributed by atoms with E-state index in [1.54, 1.807) is 24.5 Å². The standard InChI is InChI=1S/C21H26N6O5S/c28-8-9-33(31,32)18-3-1-2-17(10-18)24-20-22-11-15-12-23-27(19(15)26-20)13-14-4-6-16(7-5-14)25-21(29)30/h1-3,10-12,14,16,25,28H,4-9,13H2,(H,29,30)(H,22,24,26)/t14-,16-. The van der Waals surface area contributed by atoms with Crippen LogP contribution in [-0.4, -0.2) is 62.9 Å². The molecule has 1 aliphatic carbocycles. The molecule has 11 nitrogen and oxygen atoms in total. The Morgan fingerprint density at radius 3 is 2.70 bits per heavy atom. The third-order valence-corrected chi connectivity index (χ3v) is 7.48. The summed E-state index contributed by atoms with van der Waals surface area (Å²) in [4.78, 5) is 19.8. The molecule has 2 aromatic heterocycles. The largest absolute Gasteiger partial charge is 0.465 e. The van der Waals surface area contributed by atoms with E-state index in [0.29, 0.717) is 29.7 Å². The molecule has 0 unspecified atom stereocenters. The lowest BCUT2D eigenvalue weighted by atomic mass is 9.86. The molecule has 1 fully saturated rings. The van der Waals surface area contributed by atoms with Crippen LogP contribution in [0.25, 0.3) is 11.0 Å². The Morgan fingerprint density at radius 1 is 1.18 bits per heavy atom. The van der Waals surface area contributed by atoms with E-state index in [1.807, 2.05) is 4.68 Å². The molecule has 0 atom stereocenters. The second-order valence-corrected chi connectivity index (χ2v) is 10.3. The van der Waals surface area contributed by atoms with Crippen LogP contribution in [-0.2, 0) is 16.4 Å². The van der Waals surface area contributed by atoms with E-state index in [0.717, 1.165) is 31.1 Å². The van der Waals surface area contributed by atoms with Crippen molar-refractivity contribution in [1.82, 2.24) is 25.1 Å². The van der Waals surface area contributed by atoms with Crippen LogP contribution in [0.2, 0.25) is 0 Å². The number of hydrogen-bond donors (Lipinski definition) is 4. The van der Waals surface area contributed by atoms with Gasteiger partial charge >= 0.3 is 6.09 Å². The number of rotatable bonds is 8. The number of aliphatic hydroxyl groups excluding tert-OH is 1. The summed E-state index contributed by atoms with van der Waals surface area (Å²) in [7, 11) is -3.57. The molecule has 1 aliphatic rings. The van der Waals surface area contributed by atoms with E-state index >= 15 is 0 Å². The van der Waals surface area contributed by atoms with Crippen LogP contribution in [0.1, 0.15) is 25.7 Å². The summed E-state index contributed by atoms with van der Waals surface area (Å²) in [5.41, 5.74) is 1.19. The van der Waals surface area contributed by atoms with Gasteiger partial charge in [-0.1, -0.05) is 6.07 Å². The number of aliphatic hydroxyl groups is 1. The molecule has 176 valence electrons. The Labute approximate surface area is 190 Å². The number of nitrogens with one attached hydrogen (secondary N) is 2. The average Bonchev–Trinajstić information content (AvgIpc) is 3.17. The maximum absolute atomic E-state index is 12.2. The fraction of sp³-hybridized carbons (Fsp3) is 0.429. The highest BCUT2D eigenvalue weighted by Gasteiger charge is 2.23. The van der Waals surface area contributed by atoms with E-state index < -0.39 is 22.5 Å². The van der Waals surface area contributed by atoms with E-state index in [1.165, 1.54) is 12.1 Å². The Balaban J connectivity index is 1.47. The number of carbonyl (C=O) groups is 1. The Bertz CT molecular complexity index is 1240. The molecule has 1 saturated carbocycles. The third kappa shape index (κ3) is 5.57. The number of anilines is 2. The van der Waals surface area contributed by atoms with Crippen molar-refractivity contribution in [2.24, 2.45) is 5.92 Å². The van der Waals surface area contributed by atoms with Crippen LogP contribution in [0.3, 0.4) is 0 Å². The number of amides is 1. The first-order valence-electron chi connectivity index (χ1n) is 10.7. The zero-order chi connectivity index (χ0) is 23.4. The first-order valence-corrected chi connectivity index (χ1v) is 12.4. The molecule has 0 saturated heterocycles. The quantitative estimate of drug-likeness (QED) is 0.384. The van der Waals surface area contributed by atoms with Crippen LogP contribution in [0.5, 0.6) is 0 Å². The topological polar surface area (TPSA) is 159 Å². The van der Waals surface area contributed by atoms with Gasteiger partial charge < -0.3 is 20.8 Å². The number of hydrogen-bond acceptors (Lipinski definition) is 8. The smallest absolute Gasteiger partial charge is 0.404 e. The van der Waals surface area contributed by atoms with Crippen molar-refractivity contribution in [3.63, 3.8) is 0 Å². The molecule has 3 aromatic rings. The number of fused-ring (bicyclic) bond motifs is 1. The summed E-state index contributed by atoms with van der Waals surface area (Å²) < 4.78 is 26.3. The molecular formula is C21H26N6O5S. The van der Waals surface area contributed by atoms with Gasteiger partial charge in [-0.3, -0.25) is 0 Å². The summed E-state index contributed by atoms with van der Waals surface area (Å²) in [6.07, 6.45) is 5.79. The van der Waals surface area contributed by atoms with Crippen molar-refractivity contribution in [2.45, 2.75) is 43.2 Å². The highest BCUT2D eigenvalue weighted by Crippen LogP contribution is 2.27. The van der Waals surface area contributed by atoms with Crippen molar-refractivity contribution in [3.8, 4) is 0 Å². The Hall–Kier alpha value is -3.25. The summed E-state index contributed by atoms with van der Waals surface area (Å²) in [5, 5.41) is 28.7. The fourth-order valence-electron chi connectivity index (χ4n) is 4.10. The Kier molecular flexibility index (Phi) is 6.75. The number of aromatic nitrogens is 4. The summed E-state index contributed by atoms with van der Waals surface area (Å²) in [6.45, 7) is 0.232. The van der Waals surface area contributed by atoms with Gasteiger partial charge in [0.05, 0.1) is 28.8 Å². The molecule has 0 bridgehead atoms. The molecule has 33 heavy (non-hydrogen) atoms. The van der Waals surface area contributed by atoms with Crippen LogP contribution >= 0.6 is 0 Å². The van der Waals surface area contributed by atoms with Crippen LogP contribution < -0.4 is 10.6 Å². The van der Waals surface area contributed by atoms with Gasteiger partial charge in [0.15, 0.2) is 15.5 Å². The highest BCUT2D eigenvalue weighted by atomic mass is 32.2. The lowest BCUT2D eigenvalue weighted by molar-refractivity contribution is 0.180. The molecule has 1 aromatic carbocycles. The molecule has 2 heterocycles. The van der Waals surface area contributed by atoms with E-state index in [4.69, 9.17) is 10.2 Å². The second kappa shape index (κ2) is 9.71. The number of nitrogens with zero attached hydrogens (tertiary/aromatic N) is 4. The minimum atomic E-state index is -3.57. The number of sulfone groups is 1. The van der Waals surface area contributed by atoms with Gasteiger partial charge in [-0.2, -0.15) is 10.1 Å². The fourth-order valence-corrected chi connectivity index (χ4v) is 5.17. The minimum absolute atomic E-state index is 0.00296. The van der Waals surface area contributed by atoms with Gasteiger partial charge in [0, 0.05) is 24.5 Å². The van der Waals surface area contributed by atoms with Crippen LogP contribution in [0, 0.1) is 5.92 Å². The van der Waals surface area contributed by atoms with E-state index in [2.05, 4.69) is 25.7 Å². The third-order valence-electron chi connectivity index (χ3n) is 5.79. The molecule has 0 spiro atoms.